The zero-order valence-corrected chi connectivity index (χ0v) is 10.4. The van der Waals surface area contributed by atoms with Gasteiger partial charge in [-0.2, -0.15) is 0 Å². The average molecular weight is 244 g/mol. The van der Waals surface area contributed by atoms with Gasteiger partial charge in [0.25, 0.3) is 0 Å². The van der Waals surface area contributed by atoms with Crippen LogP contribution in [0, 0.1) is 0 Å². The molecular weight excluding hydrogens is 226 g/mol. The van der Waals surface area contributed by atoms with Crippen molar-refractivity contribution in [3.63, 3.8) is 0 Å². The van der Waals surface area contributed by atoms with Crippen LogP contribution < -0.4 is 0 Å². The summed E-state index contributed by atoms with van der Waals surface area (Å²) < 4.78 is 4.97. The Kier molecular flexibility index (Phi) is 5.77. The molecule has 0 aliphatic rings. The lowest BCUT2D eigenvalue weighted by Crippen LogP contribution is -2.27. The number of likely N-dealkylation sites (N-methyl/N-ethyl adjacent to an activating group) is 1. The van der Waals surface area contributed by atoms with Gasteiger partial charge < -0.3 is 14.7 Å². The van der Waals surface area contributed by atoms with Crippen LogP contribution in [-0.2, 0) is 4.74 Å². The Morgan fingerprint density at radius 1 is 1.50 bits per heavy atom. The number of nitrogens with zero attached hydrogens (tertiary/aromatic N) is 1. The molecule has 0 spiro atoms. The number of aliphatic hydroxyl groups excluding tert-OH is 1. The minimum absolute atomic E-state index is 0.513. The van der Waals surface area contributed by atoms with Gasteiger partial charge in [-0.25, -0.2) is 0 Å². The van der Waals surface area contributed by atoms with E-state index in [4.69, 9.17) is 16.3 Å². The minimum Gasteiger partial charge on any atom is -0.387 e. The van der Waals surface area contributed by atoms with Crippen molar-refractivity contribution in [1.82, 2.24) is 4.90 Å². The molecule has 0 bridgehead atoms. The average Bonchev–Trinajstić information content (AvgIpc) is 2.26. The topological polar surface area (TPSA) is 32.7 Å². The SMILES string of the molecule is COCCN(C)CC(O)c1cccc(Cl)c1. The third kappa shape index (κ3) is 4.49. The Labute approximate surface area is 102 Å². The predicted octanol–water partition coefficient (Wildman–Crippen LogP) is 1.95. The van der Waals surface area contributed by atoms with Crippen LogP contribution in [-0.4, -0.2) is 43.9 Å². The number of halogens is 1. The van der Waals surface area contributed by atoms with E-state index < -0.39 is 6.10 Å². The summed E-state index contributed by atoms with van der Waals surface area (Å²) in [7, 11) is 3.62. The lowest BCUT2D eigenvalue weighted by atomic mass is 10.1. The standard InChI is InChI=1S/C12H18ClNO2/c1-14(6-7-16-2)9-12(15)10-4-3-5-11(13)8-10/h3-5,8,12,15H,6-7,9H2,1-2H3. The first-order chi connectivity index (χ1) is 7.63. The fourth-order valence-electron chi connectivity index (χ4n) is 1.45. The van der Waals surface area contributed by atoms with Gasteiger partial charge in [-0.15, -0.1) is 0 Å². The van der Waals surface area contributed by atoms with Gasteiger partial charge in [-0.3, -0.25) is 0 Å². The monoisotopic (exact) mass is 243 g/mol. The van der Waals surface area contributed by atoms with Crippen molar-refractivity contribution in [2.24, 2.45) is 0 Å². The Hall–Kier alpha value is -0.610. The molecule has 0 saturated carbocycles. The van der Waals surface area contributed by atoms with Crippen molar-refractivity contribution in [1.29, 1.82) is 0 Å². The van der Waals surface area contributed by atoms with E-state index in [1.165, 1.54) is 0 Å². The number of ether oxygens (including phenoxy) is 1. The Balaban J connectivity index is 2.48. The number of rotatable bonds is 6. The fraction of sp³-hybridized carbons (Fsp3) is 0.500. The van der Waals surface area contributed by atoms with Crippen LogP contribution in [0.5, 0.6) is 0 Å². The van der Waals surface area contributed by atoms with E-state index in [1.807, 2.05) is 24.1 Å². The molecule has 0 saturated heterocycles. The van der Waals surface area contributed by atoms with Crippen molar-refractivity contribution < 1.29 is 9.84 Å². The second-order valence-corrected chi connectivity index (χ2v) is 4.26. The summed E-state index contributed by atoms with van der Waals surface area (Å²) in [4.78, 5) is 2.02. The number of aliphatic hydroxyl groups is 1. The normalized spacial score (nSPS) is 13.1. The number of hydrogen-bond acceptors (Lipinski definition) is 3. The predicted molar refractivity (Wildman–Crippen MR) is 65.8 cm³/mol. The smallest absolute Gasteiger partial charge is 0.0917 e. The van der Waals surface area contributed by atoms with E-state index >= 15 is 0 Å². The van der Waals surface area contributed by atoms with E-state index in [9.17, 15) is 5.11 Å². The van der Waals surface area contributed by atoms with Crippen molar-refractivity contribution in [2.45, 2.75) is 6.10 Å². The van der Waals surface area contributed by atoms with E-state index in [-0.39, 0.29) is 0 Å². The first-order valence-corrected chi connectivity index (χ1v) is 5.62. The fourth-order valence-corrected chi connectivity index (χ4v) is 1.65. The summed E-state index contributed by atoms with van der Waals surface area (Å²) in [5.74, 6) is 0. The lowest BCUT2D eigenvalue weighted by Gasteiger charge is -2.20. The van der Waals surface area contributed by atoms with E-state index in [0.717, 1.165) is 12.1 Å². The molecule has 1 aromatic carbocycles. The van der Waals surface area contributed by atoms with Crippen LogP contribution in [0.3, 0.4) is 0 Å². The molecule has 4 heteroatoms. The van der Waals surface area contributed by atoms with Crippen LogP contribution >= 0.6 is 11.6 Å². The highest BCUT2D eigenvalue weighted by Crippen LogP contribution is 2.18. The molecule has 0 aliphatic carbocycles. The highest BCUT2D eigenvalue weighted by Gasteiger charge is 2.10. The summed E-state index contributed by atoms with van der Waals surface area (Å²) in [6.45, 7) is 2.04. The molecule has 0 aliphatic heterocycles. The van der Waals surface area contributed by atoms with Crippen LogP contribution in [0.2, 0.25) is 5.02 Å². The summed E-state index contributed by atoms with van der Waals surface area (Å²) in [5.41, 5.74) is 0.844. The first-order valence-electron chi connectivity index (χ1n) is 5.24. The molecule has 0 heterocycles. The molecular formula is C12H18ClNO2. The van der Waals surface area contributed by atoms with Gasteiger partial charge in [-0.1, -0.05) is 23.7 Å². The second kappa shape index (κ2) is 6.86. The molecule has 0 fully saturated rings. The van der Waals surface area contributed by atoms with Crippen LogP contribution in [0.15, 0.2) is 24.3 Å². The number of methoxy groups -OCH3 is 1. The van der Waals surface area contributed by atoms with E-state index in [0.29, 0.717) is 18.2 Å². The molecule has 16 heavy (non-hydrogen) atoms. The van der Waals surface area contributed by atoms with Gasteiger partial charge in [-0.05, 0) is 24.7 Å². The van der Waals surface area contributed by atoms with Crippen molar-refractivity contribution in [2.75, 3.05) is 33.9 Å². The van der Waals surface area contributed by atoms with Gasteiger partial charge in [0.2, 0.25) is 0 Å². The van der Waals surface area contributed by atoms with Gasteiger partial charge in [0, 0.05) is 25.2 Å². The Bertz CT molecular complexity index is 320. The maximum Gasteiger partial charge on any atom is 0.0917 e. The van der Waals surface area contributed by atoms with Crippen LogP contribution in [0.25, 0.3) is 0 Å². The molecule has 0 amide bonds. The molecule has 1 atom stereocenters. The van der Waals surface area contributed by atoms with Crippen molar-refractivity contribution in [3.8, 4) is 0 Å². The zero-order chi connectivity index (χ0) is 12.0. The highest BCUT2D eigenvalue weighted by atomic mass is 35.5. The van der Waals surface area contributed by atoms with Gasteiger partial charge in [0.1, 0.15) is 0 Å². The number of benzene rings is 1. The van der Waals surface area contributed by atoms with Gasteiger partial charge >= 0.3 is 0 Å². The van der Waals surface area contributed by atoms with E-state index in [2.05, 4.69) is 0 Å². The summed E-state index contributed by atoms with van der Waals surface area (Å²) in [5, 5.41) is 10.6. The van der Waals surface area contributed by atoms with Crippen LogP contribution in [0.1, 0.15) is 11.7 Å². The highest BCUT2D eigenvalue weighted by molar-refractivity contribution is 6.30. The maximum atomic E-state index is 9.97. The summed E-state index contributed by atoms with van der Waals surface area (Å²) >= 11 is 5.86. The van der Waals surface area contributed by atoms with Crippen LogP contribution in [0.4, 0.5) is 0 Å². The molecule has 1 rings (SSSR count). The Morgan fingerprint density at radius 3 is 2.88 bits per heavy atom. The molecule has 0 aromatic heterocycles. The largest absolute Gasteiger partial charge is 0.387 e. The second-order valence-electron chi connectivity index (χ2n) is 3.83. The third-order valence-electron chi connectivity index (χ3n) is 2.40. The molecule has 0 radical (unpaired) electrons. The van der Waals surface area contributed by atoms with Gasteiger partial charge in [0.15, 0.2) is 0 Å². The maximum absolute atomic E-state index is 9.97. The van der Waals surface area contributed by atoms with E-state index in [1.54, 1.807) is 19.2 Å². The summed E-state index contributed by atoms with van der Waals surface area (Å²) in [6.07, 6.45) is -0.513. The minimum atomic E-state index is -0.513. The summed E-state index contributed by atoms with van der Waals surface area (Å²) in [6, 6.07) is 7.31. The lowest BCUT2D eigenvalue weighted by molar-refractivity contribution is 0.103. The Morgan fingerprint density at radius 2 is 2.25 bits per heavy atom. The first kappa shape index (κ1) is 13.5. The number of hydrogen-bond donors (Lipinski definition) is 1. The molecule has 1 aromatic rings. The molecule has 1 N–H and O–H groups in total. The van der Waals surface area contributed by atoms with Gasteiger partial charge in [0.05, 0.1) is 12.7 Å². The zero-order valence-electron chi connectivity index (χ0n) is 9.69. The quantitative estimate of drug-likeness (QED) is 0.829. The molecule has 90 valence electrons. The van der Waals surface area contributed by atoms with Crippen molar-refractivity contribution in [3.05, 3.63) is 34.9 Å². The van der Waals surface area contributed by atoms with Crippen molar-refractivity contribution >= 4 is 11.6 Å². The molecule has 3 nitrogen and oxygen atoms in total. The third-order valence-corrected chi connectivity index (χ3v) is 2.63. The molecule has 1 unspecified atom stereocenters.